The Hall–Kier alpha value is -3.29. The minimum atomic E-state index is -0.463. The molecule has 0 aromatic heterocycles. The van der Waals surface area contributed by atoms with Gasteiger partial charge in [-0.25, -0.2) is 0 Å². The van der Waals surface area contributed by atoms with E-state index in [9.17, 15) is 14.9 Å². The second-order valence-corrected chi connectivity index (χ2v) is 5.89. The standard InChI is InChI=1S/C19H22N2O6/c1-12-9-15(5-7-17(12)21(23)24)27-11-19(22)20-13(2)16-10-14(25-3)6-8-18(16)26-4/h5-10,13H,11H2,1-4H3,(H,20,22)/t13-/m0/s1. The minimum Gasteiger partial charge on any atom is -0.497 e. The highest BCUT2D eigenvalue weighted by atomic mass is 16.6. The molecule has 1 amide bonds. The van der Waals surface area contributed by atoms with Gasteiger partial charge in [0, 0.05) is 17.2 Å². The summed E-state index contributed by atoms with van der Waals surface area (Å²) in [5.41, 5.74) is 1.24. The molecular weight excluding hydrogens is 352 g/mol. The van der Waals surface area contributed by atoms with Crippen LogP contribution in [0.5, 0.6) is 17.2 Å². The van der Waals surface area contributed by atoms with Gasteiger partial charge in [0.25, 0.3) is 11.6 Å². The van der Waals surface area contributed by atoms with Crippen molar-refractivity contribution in [2.45, 2.75) is 19.9 Å². The van der Waals surface area contributed by atoms with Crippen molar-refractivity contribution < 1.29 is 23.9 Å². The third-order valence-corrected chi connectivity index (χ3v) is 4.02. The van der Waals surface area contributed by atoms with Crippen LogP contribution in [0.15, 0.2) is 36.4 Å². The first-order valence-corrected chi connectivity index (χ1v) is 8.24. The molecular formula is C19H22N2O6. The first-order valence-electron chi connectivity index (χ1n) is 8.24. The van der Waals surface area contributed by atoms with Gasteiger partial charge in [0.05, 0.1) is 25.2 Å². The van der Waals surface area contributed by atoms with E-state index >= 15 is 0 Å². The highest BCUT2D eigenvalue weighted by Gasteiger charge is 2.16. The summed E-state index contributed by atoms with van der Waals surface area (Å²) in [6.07, 6.45) is 0. The van der Waals surface area contributed by atoms with Crippen molar-refractivity contribution in [1.29, 1.82) is 0 Å². The van der Waals surface area contributed by atoms with Crippen LogP contribution in [0.3, 0.4) is 0 Å². The van der Waals surface area contributed by atoms with E-state index in [1.807, 2.05) is 6.92 Å². The van der Waals surface area contributed by atoms with Gasteiger partial charge in [-0.3, -0.25) is 14.9 Å². The second-order valence-electron chi connectivity index (χ2n) is 5.89. The molecule has 144 valence electrons. The maximum absolute atomic E-state index is 12.2. The number of nitrogens with one attached hydrogen (secondary N) is 1. The van der Waals surface area contributed by atoms with E-state index in [0.717, 1.165) is 5.56 Å². The number of benzene rings is 2. The first kappa shape index (κ1) is 20.0. The van der Waals surface area contributed by atoms with Crippen molar-refractivity contribution in [2.24, 2.45) is 0 Å². The molecule has 8 nitrogen and oxygen atoms in total. The van der Waals surface area contributed by atoms with E-state index in [1.165, 1.54) is 18.2 Å². The number of rotatable bonds is 8. The van der Waals surface area contributed by atoms with Gasteiger partial charge in [0.2, 0.25) is 0 Å². The Balaban J connectivity index is 1.99. The van der Waals surface area contributed by atoms with Gasteiger partial charge in [0.15, 0.2) is 6.61 Å². The lowest BCUT2D eigenvalue weighted by molar-refractivity contribution is -0.385. The van der Waals surface area contributed by atoms with Gasteiger partial charge in [-0.2, -0.15) is 0 Å². The molecule has 0 saturated carbocycles. The van der Waals surface area contributed by atoms with Gasteiger partial charge < -0.3 is 19.5 Å². The van der Waals surface area contributed by atoms with Crippen LogP contribution >= 0.6 is 0 Å². The molecule has 0 radical (unpaired) electrons. The Morgan fingerprint density at radius 2 is 1.85 bits per heavy atom. The summed E-state index contributed by atoms with van der Waals surface area (Å²) in [6.45, 7) is 3.22. The van der Waals surface area contributed by atoms with Crippen molar-refractivity contribution in [3.63, 3.8) is 0 Å². The minimum absolute atomic E-state index is 0.00513. The fourth-order valence-corrected chi connectivity index (χ4v) is 2.61. The first-order chi connectivity index (χ1) is 12.8. The maximum Gasteiger partial charge on any atom is 0.272 e. The maximum atomic E-state index is 12.2. The number of ether oxygens (including phenoxy) is 3. The lowest BCUT2D eigenvalue weighted by atomic mass is 10.1. The number of hydrogen-bond acceptors (Lipinski definition) is 6. The van der Waals surface area contributed by atoms with Gasteiger partial charge in [0.1, 0.15) is 17.2 Å². The molecule has 0 aliphatic carbocycles. The van der Waals surface area contributed by atoms with Crippen molar-refractivity contribution in [2.75, 3.05) is 20.8 Å². The Kier molecular flexibility index (Phi) is 6.59. The fourth-order valence-electron chi connectivity index (χ4n) is 2.61. The largest absolute Gasteiger partial charge is 0.497 e. The third-order valence-electron chi connectivity index (χ3n) is 4.02. The predicted octanol–water partition coefficient (Wildman–Crippen LogP) is 3.18. The highest BCUT2D eigenvalue weighted by Crippen LogP contribution is 2.29. The van der Waals surface area contributed by atoms with Crippen molar-refractivity contribution in [1.82, 2.24) is 5.32 Å². The zero-order valence-electron chi connectivity index (χ0n) is 15.6. The predicted molar refractivity (Wildman–Crippen MR) is 99.4 cm³/mol. The van der Waals surface area contributed by atoms with Crippen LogP contribution in [-0.2, 0) is 4.79 Å². The molecule has 2 rings (SSSR count). The molecule has 1 N–H and O–H groups in total. The Morgan fingerprint density at radius 1 is 1.15 bits per heavy atom. The van der Waals surface area contributed by atoms with Crippen LogP contribution in [-0.4, -0.2) is 31.7 Å². The van der Waals surface area contributed by atoms with Crippen molar-refractivity contribution >= 4 is 11.6 Å². The second kappa shape index (κ2) is 8.88. The molecule has 2 aromatic carbocycles. The molecule has 8 heteroatoms. The number of carbonyl (C=O) groups excluding carboxylic acids is 1. The number of carbonyl (C=O) groups is 1. The number of nitro groups is 1. The average Bonchev–Trinajstić information content (AvgIpc) is 2.65. The van der Waals surface area contributed by atoms with E-state index < -0.39 is 4.92 Å². The molecule has 0 unspecified atom stereocenters. The van der Waals surface area contributed by atoms with Crippen LogP contribution in [0, 0.1) is 17.0 Å². The molecule has 0 aliphatic heterocycles. The summed E-state index contributed by atoms with van der Waals surface area (Å²) >= 11 is 0. The van der Waals surface area contributed by atoms with Crippen molar-refractivity contribution in [3.8, 4) is 17.2 Å². The molecule has 1 atom stereocenters. The Bertz CT molecular complexity index is 837. The summed E-state index contributed by atoms with van der Waals surface area (Å²) in [6, 6.07) is 9.36. The van der Waals surface area contributed by atoms with Crippen LogP contribution in [0.2, 0.25) is 0 Å². The Morgan fingerprint density at radius 3 is 2.44 bits per heavy atom. The molecule has 27 heavy (non-hydrogen) atoms. The van der Waals surface area contributed by atoms with E-state index in [0.29, 0.717) is 22.8 Å². The quantitative estimate of drug-likeness (QED) is 0.563. The smallest absolute Gasteiger partial charge is 0.272 e. The third kappa shape index (κ3) is 5.10. The molecule has 2 aromatic rings. The summed E-state index contributed by atoms with van der Waals surface area (Å²) in [5.74, 6) is 1.35. The highest BCUT2D eigenvalue weighted by molar-refractivity contribution is 5.78. The van der Waals surface area contributed by atoms with E-state index in [4.69, 9.17) is 14.2 Å². The van der Waals surface area contributed by atoms with E-state index in [1.54, 1.807) is 39.3 Å². The lowest BCUT2D eigenvalue weighted by Gasteiger charge is -2.18. The van der Waals surface area contributed by atoms with E-state index in [2.05, 4.69) is 5.32 Å². The number of nitrogens with zero attached hydrogens (tertiary/aromatic N) is 1. The number of hydrogen-bond donors (Lipinski definition) is 1. The number of aryl methyl sites for hydroxylation is 1. The van der Waals surface area contributed by atoms with Gasteiger partial charge in [-0.15, -0.1) is 0 Å². The normalized spacial score (nSPS) is 11.4. The van der Waals surface area contributed by atoms with Crippen LogP contribution in [0.4, 0.5) is 5.69 Å². The molecule has 0 bridgehead atoms. The van der Waals surface area contributed by atoms with Crippen molar-refractivity contribution in [3.05, 3.63) is 57.6 Å². The zero-order valence-corrected chi connectivity index (χ0v) is 15.6. The fraction of sp³-hybridized carbons (Fsp3) is 0.316. The van der Waals surface area contributed by atoms with Crippen LogP contribution < -0.4 is 19.5 Å². The molecule has 0 aliphatic rings. The zero-order chi connectivity index (χ0) is 20.0. The Labute approximate surface area is 157 Å². The van der Waals surface area contributed by atoms with Gasteiger partial charge in [-0.05, 0) is 44.2 Å². The number of amides is 1. The van der Waals surface area contributed by atoms with Gasteiger partial charge >= 0.3 is 0 Å². The summed E-state index contributed by atoms with van der Waals surface area (Å²) in [5, 5.41) is 13.7. The summed E-state index contributed by atoms with van der Waals surface area (Å²) in [4.78, 5) is 22.6. The average molecular weight is 374 g/mol. The van der Waals surface area contributed by atoms with Crippen LogP contribution in [0.1, 0.15) is 24.1 Å². The molecule has 0 heterocycles. The number of nitro benzene ring substituents is 1. The molecule has 0 spiro atoms. The van der Waals surface area contributed by atoms with E-state index in [-0.39, 0.29) is 24.2 Å². The summed E-state index contributed by atoms with van der Waals surface area (Å²) in [7, 11) is 3.12. The molecule has 0 saturated heterocycles. The topological polar surface area (TPSA) is 99.9 Å². The monoisotopic (exact) mass is 374 g/mol. The number of methoxy groups -OCH3 is 2. The van der Waals surface area contributed by atoms with Gasteiger partial charge in [-0.1, -0.05) is 0 Å². The van der Waals surface area contributed by atoms with Crippen LogP contribution in [0.25, 0.3) is 0 Å². The lowest BCUT2D eigenvalue weighted by Crippen LogP contribution is -2.31. The molecule has 0 fully saturated rings. The summed E-state index contributed by atoms with van der Waals surface area (Å²) < 4.78 is 16.0. The SMILES string of the molecule is COc1ccc(OC)c([C@H](C)NC(=O)COc2ccc([N+](=O)[O-])c(C)c2)c1.